The standard InChI is InChI=1S/C15H20N4O3S/c1-5-6-9(15(21)22)18-13(20)11-8(2)10-12(19(3)4)16-7-17-14(10)23-11/h7,9H,5-6H2,1-4H3,(H,18,20)(H,21,22). The van der Waals surface area contributed by atoms with Gasteiger partial charge in [-0.1, -0.05) is 13.3 Å². The summed E-state index contributed by atoms with van der Waals surface area (Å²) in [5, 5.41) is 12.6. The Labute approximate surface area is 138 Å². The maximum absolute atomic E-state index is 12.5. The number of hydrogen-bond acceptors (Lipinski definition) is 6. The molecule has 0 aliphatic rings. The molecule has 0 saturated heterocycles. The number of nitrogens with zero attached hydrogens (tertiary/aromatic N) is 3. The van der Waals surface area contributed by atoms with Crippen molar-refractivity contribution in [1.29, 1.82) is 0 Å². The van der Waals surface area contributed by atoms with E-state index in [0.717, 1.165) is 16.8 Å². The minimum absolute atomic E-state index is 0.379. The van der Waals surface area contributed by atoms with E-state index in [2.05, 4.69) is 15.3 Å². The summed E-state index contributed by atoms with van der Waals surface area (Å²) in [4.78, 5) is 35.2. The normalized spacial score (nSPS) is 12.2. The number of aromatic nitrogens is 2. The van der Waals surface area contributed by atoms with Crippen molar-refractivity contribution in [3.8, 4) is 0 Å². The number of carboxylic acid groups (broad SMARTS) is 1. The number of carboxylic acids is 1. The van der Waals surface area contributed by atoms with Gasteiger partial charge in [-0.05, 0) is 18.9 Å². The summed E-state index contributed by atoms with van der Waals surface area (Å²) in [7, 11) is 3.75. The molecule has 2 rings (SSSR count). The van der Waals surface area contributed by atoms with Crippen LogP contribution in [0.15, 0.2) is 6.33 Å². The zero-order valence-electron chi connectivity index (χ0n) is 13.6. The summed E-state index contributed by atoms with van der Waals surface area (Å²) < 4.78 is 0. The number of aliphatic carboxylic acids is 1. The van der Waals surface area contributed by atoms with E-state index >= 15 is 0 Å². The Morgan fingerprint density at radius 2 is 2.09 bits per heavy atom. The van der Waals surface area contributed by atoms with E-state index in [4.69, 9.17) is 0 Å². The van der Waals surface area contributed by atoms with Crippen molar-refractivity contribution in [2.45, 2.75) is 32.7 Å². The highest BCUT2D eigenvalue weighted by molar-refractivity contribution is 7.20. The fraction of sp³-hybridized carbons (Fsp3) is 0.467. The van der Waals surface area contributed by atoms with Crippen LogP contribution in [0.2, 0.25) is 0 Å². The Morgan fingerprint density at radius 3 is 2.65 bits per heavy atom. The van der Waals surface area contributed by atoms with E-state index in [9.17, 15) is 14.7 Å². The monoisotopic (exact) mass is 336 g/mol. The fourth-order valence-electron chi connectivity index (χ4n) is 2.38. The van der Waals surface area contributed by atoms with Gasteiger partial charge in [0, 0.05) is 14.1 Å². The molecule has 0 aliphatic heterocycles. The zero-order chi connectivity index (χ0) is 17.1. The Bertz CT molecular complexity index is 742. The summed E-state index contributed by atoms with van der Waals surface area (Å²) in [6, 6.07) is -0.878. The van der Waals surface area contributed by atoms with E-state index in [-0.39, 0.29) is 5.91 Å². The number of carbonyl (C=O) groups is 2. The van der Waals surface area contributed by atoms with E-state index in [1.807, 2.05) is 32.8 Å². The number of carbonyl (C=O) groups excluding carboxylic acids is 1. The van der Waals surface area contributed by atoms with Gasteiger partial charge in [-0.3, -0.25) is 4.79 Å². The molecule has 124 valence electrons. The van der Waals surface area contributed by atoms with E-state index in [1.54, 1.807) is 0 Å². The molecular weight excluding hydrogens is 316 g/mol. The van der Waals surface area contributed by atoms with Crippen LogP contribution in [0.1, 0.15) is 35.0 Å². The van der Waals surface area contributed by atoms with Crippen LogP contribution in [-0.4, -0.2) is 47.1 Å². The number of amides is 1. The van der Waals surface area contributed by atoms with Gasteiger partial charge in [-0.2, -0.15) is 0 Å². The van der Waals surface area contributed by atoms with Gasteiger partial charge in [0.25, 0.3) is 5.91 Å². The topological polar surface area (TPSA) is 95.4 Å². The van der Waals surface area contributed by atoms with E-state index in [0.29, 0.717) is 22.5 Å². The minimum atomic E-state index is -1.02. The number of hydrogen-bond donors (Lipinski definition) is 2. The number of thiophene rings is 1. The molecule has 2 N–H and O–H groups in total. The highest BCUT2D eigenvalue weighted by atomic mass is 32.1. The third-order valence-electron chi connectivity index (χ3n) is 3.52. The van der Waals surface area contributed by atoms with Crippen LogP contribution in [0.5, 0.6) is 0 Å². The average Bonchev–Trinajstić information content (AvgIpc) is 2.84. The molecule has 8 heteroatoms. The lowest BCUT2D eigenvalue weighted by atomic mass is 10.1. The number of rotatable bonds is 6. The van der Waals surface area contributed by atoms with Crippen LogP contribution < -0.4 is 10.2 Å². The molecule has 0 fully saturated rings. The summed E-state index contributed by atoms with van der Waals surface area (Å²) in [5.74, 6) is -0.657. The molecule has 0 radical (unpaired) electrons. The molecule has 0 aromatic carbocycles. The van der Waals surface area contributed by atoms with Crippen molar-refractivity contribution in [3.63, 3.8) is 0 Å². The van der Waals surface area contributed by atoms with Crippen LogP contribution in [0.3, 0.4) is 0 Å². The van der Waals surface area contributed by atoms with Gasteiger partial charge in [0.1, 0.15) is 23.0 Å². The van der Waals surface area contributed by atoms with Gasteiger partial charge in [0.2, 0.25) is 0 Å². The molecule has 7 nitrogen and oxygen atoms in total. The molecule has 0 aliphatic carbocycles. The molecule has 1 atom stereocenters. The molecular formula is C15H20N4O3S. The van der Waals surface area contributed by atoms with Crippen molar-refractivity contribution in [2.75, 3.05) is 19.0 Å². The lowest BCUT2D eigenvalue weighted by molar-refractivity contribution is -0.139. The molecule has 1 unspecified atom stereocenters. The number of aryl methyl sites for hydroxylation is 1. The Balaban J connectivity index is 2.40. The highest BCUT2D eigenvalue weighted by Crippen LogP contribution is 2.34. The first-order chi connectivity index (χ1) is 10.9. The second-order valence-electron chi connectivity index (χ2n) is 5.48. The first kappa shape index (κ1) is 17.1. The van der Waals surface area contributed by atoms with E-state index < -0.39 is 12.0 Å². The lowest BCUT2D eigenvalue weighted by Crippen LogP contribution is -2.40. The summed E-state index contributed by atoms with van der Waals surface area (Å²) in [5.41, 5.74) is 0.771. The Hall–Kier alpha value is -2.22. The Morgan fingerprint density at radius 1 is 1.39 bits per heavy atom. The highest BCUT2D eigenvalue weighted by Gasteiger charge is 2.24. The van der Waals surface area contributed by atoms with Crippen LogP contribution in [0, 0.1) is 6.92 Å². The largest absolute Gasteiger partial charge is 0.480 e. The summed E-state index contributed by atoms with van der Waals surface area (Å²) >= 11 is 1.25. The maximum atomic E-state index is 12.5. The quantitative estimate of drug-likeness (QED) is 0.838. The van der Waals surface area contributed by atoms with Crippen LogP contribution >= 0.6 is 11.3 Å². The molecule has 2 aromatic heterocycles. The number of fused-ring (bicyclic) bond motifs is 1. The van der Waals surface area contributed by atoms with Crippen molar-refractivity contribution in [2.24, 2.45) is 0 Å². The average molecular weight is 336 g/mol. The summed E-state index contributed by atoms with van der Waals surface area (Å²) in [6.45, 7) is 3.71. The van der Waals surface area contributed by atoms with Crippen molar-refractivity contribution >= 4 is 39.2 Å². The maximum Gasteiger partial charge on any atom is 0.326 e. The third-order valence-corrected chi connectivity index (χ3v) is 4.72. The van der Waals surface area contributed by atoms with Gasteiger partial charge in [0.05, 0.1) is 10.3 Å². The van der Waals surface area contributed by atoms with Gasteiger partial charge in [-0.25, -0.2) is 14.8 Å². The predicted octanol–water partition coefficient (Wildman–Crippen LogP) is 2.05. The SMILES string of the molecule is CCCC(NC(=O)c1sc2ncnc(N(C)C)c2c1C)C(=O)O. The van der Waals surface area contributed by atoms with E-state index in [1.165, 1.54) is 17.7 Å². The van der Waals surface area contributed by atoms with Gasteiger partial charge in [0.15, 0.2) is 0 Å². The first-order valence-electron chi connectivity index (χ1n) is 7.31. The number of nitrogens with one attached hydrogen (secondary N) is 1. The predicted molar refractivity (Wildman–Crippen MR) is 90.3 cm³/mol. The smallest absolute Gasteiger partial charge is 0.326 e. The Kier molecular flexibility index (Phi) is 5.15. The molecule has 23 heavy (non-hydrogen) atoms. The first-order valence-corrected chi connectivity index (χ1v) is 8.13. The van der Waals surface area contributed by atoms with Gasteiger partial charge >= 0.3 is 5.97 Å². The van der Waals surface area contributed by atoms with Crippen LogP contribution in [-0.2, 0) is 4.79 Å². The van der Waals surface area contributed by atoms with Gasteiger partial charge < -0.3 is 15.3 Å². The molecule has 1 amide bonds. The summed E-state index contributed by atoms with van der Waals surface area (Å²) in [6.07, 6.45) is 2.54. The molecule has 2 aromatic rings. The molecule has 0 bridgehead atoms. The van der Waals surface area contributed by atoms with Crippen molar-refractivity contribution in [3.05, 3.63) is 16.8 Å². The van der Waals surface area contributed by atoms with Crippen molar-refractivity contribution < 1.29 is 14.7 Å². The molecule has 2 heterocycles. The van der Waals surface area contributed by atoms with Crippen LogP contribution in [0.25, 0.3) is 10.2 Å². The fourth-order valence-corrected chi connectivity index (χ4v) is 3.42. The zero-order valence-corrected chi connectivity index (χ0v) is 14.4. The second-order valence-corrected chi connectivity index (χ2v) is 6.48. The second kappa shape index (κ2) is 6.91. The lowest BCUT2D eigenvalue weighted by Gasteiger charge is -2.13. The molecule has 0 saturated carbocycles. The van der Waals surface area contributed by atoms with Crippen LogP contribution in [0.4, 0.5) is 5.82 Å². The number of anilines is 1. The molecule has 0 spiro atoms. The minimum Gasteiger partial charge on any atom is -0.480 e. The third kappa shape index (κ3) is 3.42. The van der Waals surface area contributed by atoms with Gasteiger partial charge in [-0.15, -0.1) is 11.3 Å². The van der Waals surface area contributed by atoms with Crippen molar-refractivity contribution in [1.82, 2.24) is 15.3 Å².